The monoisotopic (exact) mass is 273 g/mol. The molecule has 1 N–H and O–H groups in total. The van der Waals surface area contributed by atoms with Gasteiger partial charge in [0.05, 0.1) is 17.6 Å². The fraction of sp³-hybridized carbons (Fsp3) is 0.562. The highest BCUT2D eigenvalue weighted by atomic mass is 16.5. The molecule has 20 heavy (non-hydrogen) atoms. The Balaban J connectivity index is 1.87. The summed E-state index contributed by atoms with van der Waals surface area (Å²) < 4.78 is 7.58. The van der Waals surface area contributed by atoms with E-state index in [9.17, 15) is 0 Å². The molecule has 4 heteroatoms. The number of nitrogens with zero attached hydrogens (tertiary/aromatic N) is 2. The molecule has 1 fully saturated rings. The zero-order valence-corrected chi connectivity index (χ0v) is 12.1. The van der Waals surface area contributed by atoms with Crippen LogP contribution in [0.3, 0.4) is 0 Å². The third kappa shape index (κ3) is 2.86. The van der Waals surface area contributed by atoms with E-state index in [1.807, 2.05) is 0 Å². The van der Waals surface area contributed by atoms with Crippen LogP contribution in [0.1, 0.15) is 18.7 Å². The number of methoxy groups -OCH3 is 1. The van der Waals surface area contributed by atoms with Crippen molar-refractivity contribution >= 4 is 11.0 Å². The summed E-state index contributed by atoms with van der Waals surface area (Å²) >= 11 is 0. The maximum absolute atomic E-state index is 5.25. The van der Waals surface area contributed by atoms with E-state index in [-0.39, 0.29) is 0 Å². The maximum atomic E-state index is 5.25. The number of aromatic nitrogens is 2. The van der Waals surface area contributed by atoms with E-state index in [0.717, 1.165) is 44.1 Å². The highest BCUT2D eigenvalue weighted by molar-refractivity contribution is 5.75. The molecule has 3 rings (SSSR count). The van der Waals surface area contributed by atoms with Gasteiger partial charge in [-0.3, -0.25) is 0 Å². The highest BCUT2D eigenvalue weighted by Crippen LogP contribution is 2.22. The van der Waals surface area contributed by atoms with Gasteiger partial charge in [-0.05, 0) is 44.0 Å². The zero-order chi connectivity index (χ0) is 13.8. The minimum Gasteiger partial charge on any atom is -0.383 e. The van der Waals surface area contributed by atoms with Crippen LogP contribution in [0.2, 0.25) is 0 Å². The van der Waals surface area contributed by atoms with Gasteiger partial charge in [-0.1, -0.05) is 12.1 Å². The van der Waals surface area contributed by atoms with E-state index in [1.54, 1.807) is 7.11 Å². The van der Waals surface area contributed by atoms with Gasteiger partial charge in [0, 0.05) is 20.1 Å². The van der Waals surface area contributed by atoms with Crippen LogP contribution in [-0.2, 0) is 17.7 Å². The zero-order valence-electron chi connectivity index (χ0n) is 12.1. The Labute approximate surface area is 120 Å². The molecule has 0 amide bonds. The molecule has 2 heterocycles. The molecule has 0 unspecified atom stereocenters. The molecule has 0 spiro atoms. The number of nitrogens with one attached hydrogen (secondary N) is 1. The van der Waals surface area contributed by atoms with Crippen molar-refractivity contribution in [3.05, 3.63) is 30.1 Å². The Morgan fingerprint density at radius 3 is 2.90 bits per heavy atom. The summed E-state index contributed by atoms with van der Waals surface area (Å²) in [5.41, 5.74) is 2.33. The fourth-order valence-electron chi connectivity index (χ4n) is 3.06. The third-order valence-electron chi connectivity index (χ3n) is 4.18. The third-order valence-corrected chi connectivity index (χ3v) is 4.18. The van der Waals surface area contributed by atoms with Crippen LogP contribution >= 0.6 is 0 Å². The Morgan fingerprint density at radius 1 is 1.30 bits per heavy atom. The molecule has 2 aromatic rings. The molecule has 1 aromatic carbocycles. The number of imidazole rings is 1. The minimum absolute atomic E-state index is 0.736. The summed E-state index contributed by atoms with van der Waals surface area (Å²) in [5.74, 6) is 1.98. The van der Waals surface area contributed by atoms with E-state index in [1.165, 1.54) is 24.2 Å². The first-order chi connectivity index (χ1) is 9.88. The van der Waals surface area contributed by atoms with Crippen LogP contribution in [0.4, 0.5) is 0 Å². The Kier molecular flexibility index (Phi) is 4.33. The Bertz CT molecular complexity index is 558. The first-order valence-corrected chi connectivity index (χ1v) is 7.52. The van der Waals surface area contributed by atoms with Gasteiger partial charge in [0.25, 0.3) is 0 Å². The van der Waals surface area contributed by atoms with Crippen LogP contribution < -0.4 is 5.32 Å². The maximum Gasteiger partial charge on any atom is 0.110 e. The fourth-order valence-corrected chi connectivity index (χ4v) is 3.06. The van der Waals surface area contributed by atoms with Crippen molar-refractivity contribution in [3.63, 3.8) is 0 Å². The average molecular weight is 273 g/mol. The number of fused-ring (bicyclic) bond motifs is 1. The summed E-state index contributed by atoms with van der Waals surface area (Å²) in [7, 11) is 1.76. The number of hydrogen-bond acceptors (Lipinski definition) is 3. The van der Waals surface area contributed by atoms with Crippen LogP contribution in [0, 0.1) is 5.92 Å². The number of ether oxygens (including phenoxy) is 1. The molecule has 0 radical (unpaired) electrons. The van der Waals surface area contributed by atoms with Gasteiger partial charge in [-0.25, -0.2) is 4.98 Å². The van der Waals surface area contributed by atoms with Crippen LogP contribution in [0.15, 0.2) is 24.3 Å². The Morgan fingerprint density at radius 2 is 2.10 bits per heavy atom. The number of para-hydroxylation sites is 2. The topological polar surface area (TPSA) is 39.1 Å². The van der Waals surface area contributed by atoms with E-state index < -0.39 is 0 Å². The van der Waals surface area contributed by atoms with Gasteiger partial charge in [0.1, 0.15) is 5.82 Å². The smallest absolute Gasteiger partial charge is 0.110 e. The number of hydrogen-bond donors (Lipinski definition) is 1. The summed E-state index contributed by atoms with van der Waals surface area (Å²) in [6.07, 6.45) is 3.60. The lowest BCUT2D eigenvalue weighted by Crippen LogP contribution is -2.29. The quantitative estimate of drug-likeness (QED) is 0.908. The lowest BCUT2D eigenvalue weighted by atomic mass is 9.94. The molecule has 0 atom stereocenters. The van der Waals surface area contributed by atoms with Crippen LogP contribution in [0.25, 0.3) is 11.0 Å². The largest absolute Gasteiger partial charge is 0.383 e. The molecule has 0 aliphatic carbocycles. The van der Waals surface area contributed by atoms with Gasteiger partial charge in [0.2, 0.25) is 0 Å². The molecule has 1 aliphatic rings. The first kappa shape index (κ1) is 13.6. The lowest BCUT2D eigenvalue weighted by Gasteiger charge is -2.22. The van der Waals surface area contributed by atoms with Gasteiger partial charge in [-0.15, -0.1) is 0 Å². The second-order valence-electron chi connectivity index (χ2n) is 5.56. The number of piperidine rings is 1. The summed E-state index contributed by atoms with van der Waals surface area (Å²) in [6.45, 7) is 3.91. The number of rotatable bonds is 5. The molecule has 1 aliphatic heterocycles. The van der Waals surface area contributed by atoms with E-state index in [4.69, 9.17) is 9.72 Å². The highest BCUT2D eigenvalue weighted by Gasteiger charge is 2.18. The molecule has 4 nitrogen and oxygen atoms in total. The molecule has 1 aromatic heterocycles. The summed E-state index contributed by atoms with van der Waals surface area (Å²) in [4.78, 5) is 4.85. The van der Waals surface area contributed by atoms with Crippen molar-refractivity contribution in [3.8, 4) is 0 Å². The molecular weight excluding hydrogens is 250 g/mol. The summed E-state index contributed by atoms with van der Waals surface area (Å²) in [6, 6.07) is 8.40. The van der Waals surface area contributed by atoms with Crippen molar-refractivity contribution < 1.29 is 4.74 Å². The average Bonchev–Trinajstić information content (AvgIpc) is 2.83. The SMILES string of the molecule is COCCn1c(CC2CCNCC2)nc2ccccc21. The van der Waals surface area contributed by atoms with Crippen LogP contribution in [0.5, 0.6) is 0 Å². The lowest BCUT2D eigenvalue weighted by molar-refractivity contribution is 0.187. The molecule has 0 bridgehead atoms. The van der Waals surface area contributed by atoms with Crippen LogP contribution in [-0.4, -0.2) is 36.4 Å². The Hall–Kier alpha value is -1.39. The molecule has 108 valence electrons. The van der Waals surface area contributed by atoms with Gasteiger partial charge in [0.15, 0.2) is 0 Å². The van der Waals surface area contributed by atoms with Gasteiger partial charge < -0.3 is 14.6 Å². The van der Waals surface area contributed by atoms with E-state index in [0.29, 0.717) is 0 Å². The predicted molar refractivity (Wildman–Crippen MR) is 80.9 cm³/mol. The standard InChI is InChI=1S/C16H23N3O/c1-20-11-10-19-15-5-3-2-4-14(15)18-16(19)12-13-6-8-17-9-7-13/h2-5,13,17H,6-12H2,1H3. The van der Waals surface area contributed by atoms with Crippen molar-refractivity contribution in [2.75, 3.05) is 26.8 Å². The molecular formula is C16H23N3O. The number of benzene rings is 1. The van der Waals surface area contributed by atoms with E-state index in [2.05, 4.69) is 34.1 Å². The molecule has 0 saturated carbocycles. The second kappa shape index (κ2) is 6.37. The first-order valence-electron chi connectivity index (χ1n) is 7.52. The van der Waals surface area contributed by atoms with Gasteiger partial charge >= 0.3 is 0 Å². The van der Waals surface area contributed by atoms with Crippen molar-refractivity contribution in [1.29, 1.82) is 0 Å². The van der Waals surface area contributed by atoms with Gasteiger partial charge in [-0.2, -0.15) is 0 Å². The van der Waals surface area contributed by atoms with Crippen molar-refractivity contribution in [2.45, 2.75) is 25.8 Å². The molecule has 1 saturated heterocycles. The predicted octanol–water partition coefficient (Wildman–Crippen LogP) is 2.22. The minimum atomic E-state index is 0.736. The summed E-state index contributed by atoms with van der Waals surface area (Å²) in [5, 5.41) is 3.43. The normalized spacial score (nSPS) is 16.9. The van der Waals surface area contributed by atoms with E-state index >= 15 is 0 Å². The van der Waals surface area contributed by atoms with Crippen molar-refractivity contribution in [1.82, 2.24) is 14.9 Å². The second-order valence-corrected chi connectivity index (χ2v) is 5.56. The van der Waals surface area contributed by atoms with Crippen molar-refractivity contribution in [2.24, 2.45) is 5.92 Å².